The fraction of sp³-hybridized carbons (Fsp3) is 0.100. The molecular weight excluding hydrogens is 378 g/mol. The molecule has 0 radical (unpaired) electrons. The molecule has 1 N–H and O–H groups in total. The Morgan fingerprint density at radius 3 is 2.64 bits per heavy atom. The summed E-state index contributed by atoms with van der Waals surface area (Å²) in [6, 6.07) is 17.7. The molecule has 2 heterocycles. The molecule has 0 aliphatic rings. The predicted molar refractivity (Wildman–Crippen MR) is 108 cm³/mol. The number of fused-ring (bicyclic) bond motifs is 1. The normalized spacial score (nSPS) is 10.9. The first kappa shape index (κ1) is 17.9. The maximum absolute atomic E-state index is 12.5. The first-order valence-corrected chi connectivity index (χ1v) is 8.97. The molecule has 0 fully saturated rings. The molecule has 140 valence electrons. The monoisotopic (exact) mass is 393 g/mol. The van der Waals surface area contributed by atoms with E-state index in [1.165, 1.54) is 10.6 Å². The van der Waals surface area contributed by atoms with Gasteiger partial charge < -0.3 is 9.88 Å². The third-order valence-corrected chi connectivity index (χ3v) is 4.48. The lowest BCUT2D eigenvalue weighted by atomic mass is 10.2. The second-order valence-electron chi connectivity index (χ2n) is 6.28. The molecule has 1 amide bonds. The van der Waals surface area contributed by atoms with E-state index in [0.717, 1.165) is 5.56 Å². The highest BCUT2D eigenvalue weighted by Gasteiger charge is 2.15. The summed E-state index contributed by atoms with van der Waals surface area (Å²) in [6.45, 7) is 1.74. The molecule has 28 heavy (non-hydrogen) atoms. The van der Waals surface area contributed by atoms with Crippen LogP contribution in [-0.2, 0) is 11.3 Å². The van der Waals surface area contributed by atoms with Crippen molar-refractivity contribution in [3.8, 4) is 11.4 Å². The van der Waals surface area contributed by atoms with Crippen LogP contribution in [0.5, 0.6) is 0 Å². The van der Waals surface area contributed by atoms with E-state index < -0.39 is 0 Å². The van der Waals surface area contributed by atoms with Crippen LogP contribution in [0.4, 0.5) is 5.69 Å². The zero-order chi connectivity index (χ0) is 19.7. The molecule has 0 saturated carbocycles. The van der Waals surface area contributed by atoms with Crippen LogP contribution in [0.25, 0.3) is 17.2 Å². The van der Waals surface area contributed by atoms with Crippen LogP contribution in [0.1, 0.15) is 5.69 Å². The third kappa shape index (κ3) is 3.52. The lowest BCUT2D eigenvalue weighted by Crippen LogP contribution is -2.25. The maximum atomic E-state index is 12.5. The number of rotatable bonds is 4. The highest BCUT2D eigenvalue weighted by atomic mass is 35.5. The van der Waals surface area contributed by atoms with Crippen molar-refractivity contribution in [2.75, 3.05) is 5.32 Å². The van der Waals surface area contributed by atoms with E-state index in [-0.39, 0.29) is 18.0 Å². The first-order chi connectivity index (χ1) is 13.5. The molecule has 0 aliphatic heterocycles. The Morgan fingerprint density at radius 2 is 1.89 bits per heavy atom. The van der Waals surface area contributed by atoms with Crippen LogP contribution in [0.3, 0.4) is 0 Å². The molecule has 2 aromatic carbocycles. The molecule has 0 atom stereocenters. The largest absolute Gasteiger partial charge is 0.324 e. The van der Waals surface area contributed by atoms with Gasteiger partial charge in [-0.2, -0.15) is 9.50 Å². The van der Waals surface area contributed by atoms with Crippen LogP contribution < -0.4 is 10.9 Å². The third-order valence-electron chi connectivity index (χ3n) is 4.24. The van der Waals surface area contributed by atoms with Crippen molar-refractivity contribution in [2.45, 2.75) is 13.5 Å². The number of hydrogen-bond acceptors (Lipinski definition) is 4. The van der Waals surface area contributed by atoms with Crippen LogP contribution in [0.2, 0.25) is 5.02 Å². The number of benzene rings is 2. The second kappa shape index (κ2) is 7.28. The van der Waals surface area contributed by atoms with Crippen molar-refractivity contribution in [3.63, 3.8) is 0 Å². The van der Waals surface area contributed by atoms with Crippen LogP contribution in [0.15, 0.2) is 65.5 Å². The summed E-state index contributed by atoms with van der Waals surface area (Å²) in [5, 5.41) is 7.64. The number of anilines is 1. The molecular formula is C20H16ClN5O2. The number of aryl methyl sites for hydroxylation is 1. The van der Waals surface area contributed by atoms with Crippen molar-refractivity contribution in [3.05, 3.63) is 81.7 Å². The Bertz CT molecular complexity index is 1230. The van der Waals surface area contributed by atoms with E-state index in [1.54, 1.807) is 35.8 Å². The Balaban J connectivity index is 1.71. The Morgan fingerprint density at radius 1 is 1.11 bits per heavy atom. The molecule has 4 aromatic rings. The molecule has 0 spiro atoms. The average Bonchev–Trinajstić information content (AvgIpc) is 3.12. The molecule has 4 rings (SSSR count). The molecule has 0 unspecified atom stereocenters. The quantitative estimate of drug-likeness (QED) is 0.577. The fourth-order valence-corrected chi connectivity index (χ4v) is 3.11. The van der Waals surface area contributed by atoms with Crippen LogP contribution >= 0.6 is 11.6 Å². The number of halogens is 1. The van der Waals surface area contributed by atoms with Crippen molar-refractivity contribution in [2.24, 2.45) is 0 Å². The molecule has 8 heteroatoms. The lowest BCUT2D eigenvalue weighted by molar-refractivity contribution is -0.116. The van der Waals surface area contributed by atoms with Crippen LogP contribution in [0, 0.1) is 6.92 Å². The highest BCUT2D eigenvalue weighted by molar-refractivity contribution is 6.30. The minimum Gasteiger partial charge on any atom is -0.324 e. The van der Waals surface area contributed by atoms with Gasteiger partial charge in [-0.1, -0.05) is 48.0 Å². The Kier molecular flexibility index (Phi) is 4.67. The number of hydrogen-bond donors (Lipinski definition) is 1. The fourth-order valence-electron chi connectivity index (χ4n) is 2.92. The summed E-state index contributed by atoms with van der Waals surface area (Å²) in [6.07, 6.45) is 0. The molecule has 0 saturated heterocycles. The summed E-state index contributed by atoms with van der Waals surface area (Å²) in [7, 11) is 0. The minimum atomic E-state index is -0.298. The van der Waals surface area contributed by atoms with Gasteiger partial charge in [-0.3, -0.25) is 9.59 Å². The summed E-state index contributed by atoms with van der Waals surface area (Å²) in [5.74, 6) is 0.470. The van der Waals surface area contributed by atoms with Gasteiger partial charge in [0.25, 0.3) is 5.56 Å². The molecule has 7 nitrogen and oxygen atoms in total. The van der Waals surface area contributed by atoms with E-state index in [9.17, 15) is 9.59 Å². The number of carbonyl (C=O) groups is 1. The van der Waals surface area contributed by atoms with Gasteiger partial charge in [-0.05, 0) is 25.1 Å². The van der Waals surface area contributed by atoms with E-state index in [0.29, 0.717) is 28.0 Å². The van der Waals surface area contributed by atoms with E-state index in [4.69, 9.17) is 11.6 Å². The average molecular weight is 394 g/mol. The van der Waals surface area contributed by atoms with E-state index in [2.05, 4.69) is 15.4 Å². The van der Waals surface area contributed by atoms with Crippen molar-refractivity contribution >= 4 is 29.0 Å². The number of nitrogens with zero attached hydrogens (tertiary/aromatic N) is 4. The second-order valence-corrected chi connectivity index (χ2v) is 6.72. The zero-order valence-electron chi connectivity index (χ0n) is 15.0. The summed E-state index contributed by atoms with van der Waals surface area (Å²) < 4.78 is 2.86. The van der Waals surface area contributed by atoms with Gasteiger partial charge in [0, 0.05) is 28.0 Å². The number of carbonyl (C=O) groups excluding carboxylic acids is 1. The van der Waals surface area contributed by atoms with Gasteiger partial charge in [-0.25, -0.2) is 0 Å². The van der Waals surface area contributed by atoms with Gasteiger partial charge >= 0.3 is 0 Å². The summed E-state index contributed by atoms with van der Waals surface area (Å²) in [5.41, 5.74) is 1.70. The van der Waals surface area contributed by atoms with Gasteiger partial charge in [0.15, 0.2) is 5.82 Å². The van der Waals surface area contributed by atoms with Gasteiger partial charge in [0.05, 0.1) is 0 Å². The predicted octanol–water partition coefficient (Wildman–Crippen LogP) is 3.16. The molecule has 0 aliphatic carbocycles. The lowest BCUT2D eigenvalue weighted by Gasteiger charge is -2.11. The van der Waals surface area contributed by atoms with Crippen molar-refractivity contribution in [1.29, 1.82) is 0 Å². The Labute approximate surface area is 165 Å². The minimum absolute atomic E-state index is 0.0188. The number of amides is 1. The van der Waals surface area contributed by atoms with Crippen LogP contribution in [-0.4, -0.2) is 25.1 Å². The summed E-state index contributed by atoms with van der Waals surface area (Å²) >= 11 is 5.96. The number of aromatic nitrogens is 4. The van der Waals surface area contributed by atoms with Crippen molar-refractivity contribution in [1.82, 2.24) is 19.2 Å². The molecule has 0 bridgehead atoms. The summed E-state index contributed by atoms with van der Waals surface area (Å²) in [4.78, 5) is 29.4. The number of nitrogens with one attached hydrogen (secondary N) is 1. The van der Waals surface area contributed by atoms with E-state index in [1.807, 2.05) is 30.3 Å². The maximum Gasteiger partial charge on any atom is 0.275 e. The smallest absolute Gasteiger partial charge is 0.275 e. The first-order valence-electron chi connectivity index (χ1n) is 8.59. The standard InChI is InChI=1S/C20H16ClN5O2/c1-13-10-18(28)26-20(23-19(24-26)14-6-3-2-4-7-14)25(13)12-17(27)22-16-9-5-8-15(21)11-16/h2-11H,12H2,1H3,(H,22,27). The SMILES string of the molecule is Cc1cc(=O)n2nc(-c3ccccc3)nc2n1CC(=O)Nc1cccc(Cl)c1. The van der Waals surface area contributed by atoms with Gasteiger partial charge in [0.2, 0.25) is 11.7 Å². The Hall–Kier alpha value is -3.45. The van der Waals surface area contributed by atoms with Crippen molar-refractivity contribution < 1.29 is 4.79 Å². The molecule has 2 aromatic heterocycles. The van der Waals surface area contributed by atoms with Gasteiger partial charge in [-0.15, -0.1) is 5.10 Å². The topological polar surface area (TPSA) is 81.3 Å². The van der Waals surface area contributed by atoms with E-state index >= 15 is 0 Å². The highest BCUT2D eigenvalue weighted by Crippen LogP contribution is 2.17. The van der Waals surface area contributed by atoms with Gasteiger partial charge in [0.1, 0.15) is 6.54 Å². The zero-order valence-corrected chi connectivity index (χ0v) is 15.7.